The summed E-state index contributed by atoms with van der Waals surface area (Å²) in [5.41, 5.74) is 5.54. The molecule has 12 nitrogen and oxygen atoms in total. The highest BCUT2D eigenvalue weighted by atomic mass is 79.9. The summed E-state index contributed by atoms with van der Waals surface area (Å²) in [5.74, 6) is 1.22. The third-order valence-corrected chi connectivity index (χ3v) is 13.6. The van der Waals surface area contributed by atoms with Crippen LogP contribution in [0.15, 0.2) is 63.7 Å². The second kappa shape index (κ2) is 16.9. The largest absolute Gasteiger partial charge is 0.405 e. The van der Waals surface area contributed by atoms with E-state index in [1.54, 1.807) is 6.92 Å². The Hall–Kier alpha value is -3.48. The van der Waals surface area contributed by atoms with Gasteiger partial charge in [0.05, 0.1) is 22.1 Å². The van der Waals surface area contributed by atoms with Gasteiger partial charge in [-0.2, -0.15) is 9.61 Å². The molecule has 0 amide bonds. The minimum Gasteiger partial charge on any atom is -0.405 e. The summed E-state index contributed by atoms with van der Waals surface area (Å²) in [5, 5.41) is 23.1. The van der Waals surface area contributed by atoms with Crippen LogP contribution < -0.4 is 9.80 Å². The fourth-order valence-corrected chi connectivity index (χ4v) is 8.53. The van der Waals surface area contributed by atoms with E-state index in [-0.39, 0.29) is 11.8 Å². The Morgan fingerprint density at radius 3 is 2.13 bits per heavy atom. The van der Waals surface area contributed by atoms with Crippen molar-refractivity contribution in [2.75, 3.05) is 49.6 Å². The minimum atomic E-state index is -1.29. The van der Waals surface area contributed by atoms with E-state index in [2.05, 4.69) is 99.5 Å². The summed E-state index contributed by atoms with van der Waals surface area (Å²) in [6.45, 7) is 19.3. The van der Waals surface area contributed by atoms with Crippen molar-refractivity contribution in [1.29, 1.82) is 0 Å². The van der Waals surface area contributed by atoms with Crippen LogP contribution in [0.4, 0.5) is 11.8 Å². The number of aromatic nitrogens is 6. The van der Waals surface area contributed by atoms with Crippen LogP contribution >= 0.6 is 15.9 Å². The molecule has 1 saturated heterocycles. The van der Waals surface area contributed by atoms with Crippen molar-refractivity contribution in [2.45, 2.75) is 83.2 Å². The lowest BCUT2D eigenvalue weighted by molar-refractivity contribution is 0.0941. The molecule has 5 aromatic rings. The van der Waals surface area contributed by atoms with Gasteiger partial charge in [0.2, 0.25) is 5.89 Å². The number of ether oxygens (including phenoxy) is 2. The molecule has 0 radical (unpaired) electrons. The molecule has 0 bridgehead atoms. The van der Waals surface area contributed by atoms with Crippen LogP contribution in [-0.2, 0) is 9.47 Å². The lowest BCUT2D eigenvalue weighted by Gasteiger charge is -2.32. The van der Waals surface area contributed by atoms with Crippen LogP contribution in [0.2, 0.25) is 51.4 Å². The lowest BCUT2D eigenvalue weighted by Crippen LogP contribution is -2.35. The van der Waals surface area contributed by atoms with Gasteiger partial charge in [-0.05, 0) is 53.8 Å². The number of piperidine rings is 1. The summed E-state index contributed by atoms with van der Waals surface area (Å²) < 4.78 is 21.3. The second-order valence-corrected chi connectivity index (χ2v) is 28.4. The summed E-state index contributed by atoms with van der Waals surface area (Å²) in [4.78, 5) is 14.4. The highest BCUT2D eigenvalue weighted by molar-refractivity contribution is 9.10. The van der Waals surface area contributed by atoms with Gasteiger partial charge < -0.3 is 28.8 Å². The number of pyridine rings is 1. The van der Waals surface area contributed by atoms with E-state index in [1.807, 2.05) is 35.1 Å². The van der Waals surface area contributed by atoms with E-state index >= 15 is 0 Å². The zero-order chi connectivity index (χ0) is 37.8. The van der Waals surface area contributed by atoms with Gasteiger partial charge in [-0.1, -0.05) is 80.8 Å². The summed E-state index contributed by atoms with van der Waals surface area (Å²) in [7, 11) is -2.57. The molecular formula is C38H53BrN8O4Si2. The SMILES string of the molecule is CC(O)c1nnc(N2CCC(c3nc4c(-c5ccc(-c6ccccc6)nc5)cnn4c(N(COCC[Si](C)(C)C)COCC[Si](C)(C)C)c3Br)CC2)o1. The number of nitrogens with zero attached hydrogens (tertiary/aromatic N) is 8. The predicted molar refractivity (Wildman–Crippen MR) is 219 cm³/mol. The number of hydrogen-bond acceptors (Lipinski definition) is 11. The molecule has 1 fully saturated rings. The zero-order valence-corrected chi connectivity index (χ0v) is 35.6. The Labute approximate surface area is 323 Å². The number of benzene rings is 1. The first-order chi connectivity index (χ1) is 25.3. The van der Waals surface area contributed by atoms with E-state index in [0.29, 0.717) is 45.8 Å². The summed E-state index contributed by atoms with van der Waals surface area (Å²) in [6.07, 6.45) is 4.63. The minimum absolute atomic E-state index is 0.146. The molecular weight excluding hydrogens is 769 g/mol. The van der Waals surface area contributed by atoms with Gasteiger partial charge in [0, 0.05) is 71.3 Å². The molecule has 1 N–H and O–H groups in total. The molecule has 1 atom stereocenters. The molecule has 0 aliphatic carbocycles. The molecule has 1 aliphatic rings. The summed E-state index contributed by atoms with van der Waals surface area (Å²) >= 11 is 4.04. The first-order valence-corrected chi connectivity index (χ1v) is 26.7. The first-order valence-electron chi connectivity index (χ1n) is 18.5. The molecule has 1 unspecified atom stereocenters. The fraction of sp³-hybridized carbons (Fsp3) is 0.500. The number of hydrogen-bond donors (Lipinski definition) is 1. The van der Waals surface area contributed by atoms with Gasteiger partial charge in [0.15, 0.2) is 11.5 Å². The van der Waals surface area contributed by atoms with Crippen LogP contribution in [-0.4, -0.2) is 90.8 Å². The number of fused-ring (bicyclic) bond motifs is 1. The van der Waals surface area contributed by atoms with Crippen molar-refractivity contribution >= 4 is 49.6 Å². The Morgan fingerprint density at radius 2 is 1.57 bits per heavy atom. The van der Waals surface area contributed by atoms with Crippen LogP contribution in [0.5, 0.6) is 0 Å². The van der Waals surface area contributed by atoms with E-state index in [1.165, 1.54) is 0 Å². The van der Waals surface area contributed by atoms with Crippen LogP contribution in [0.3, 0.4) is 0 Å². The molecule has 6 rings (SSSR count). The van der Waals surface area contributed by atoms with Crippen molar-refractivity contribution in [2.24, 2.45) is 0 Å². The zero-order valence-electron chi connectivity index (χ0n) is 32.0. The number of aliphatic hydroxyl groups excluding tert-OH is 1. The van der Waals surface area contributed by atoms with E-state index in [4.69, 9.17) is 29.0 Å². The molecule has 0 saturated carbocycles. The maximum atomic E-state index is 9.92. The van der Waals surface area contributed by atoms with Crippen LogP contribution in [0.25, 0.3) is 28.0 Å². The van der Waals surface area contributed by atoms with Gasteiger partial charge in [-0.15, -0.1) is 5.10 Å². The molecule has 15 heteroatoms. The van der Waals surface area contributed by atoms with Gasteiger partial charge in [0.25, 0.3) is 0 Å². The third kappa shape index (κ3) is 9.99. The Bertz CT molecular complexity index is 1910. The van der Waals surface area contributed by atoms with E-state index < -0.39 is 22.3 Å². The average molecular weight is 822 g/mol. The first kappa shape index (κ1) is 39.2. The number of aliphatic hydroxyl groups is 1. The summed E-state index contributed by atoms with van der Waals surface area (Å²) in [6, 6.07) is 16.9. The number of anilines is 2. The smallest absolute Gasteiger partial charge is 0.318 e. The standard InChI is InChI=1S/C38H53BrN8O4Si2/c1-27(48)36-43-44-38(51-36)45-17-15-29(16-18-45)34-33(39)37(46(25-49-19-21-52(2,3)4)26-50-20-22-53(5,6)7)47-35(42-34)31(24-41-47)30-13-14-32(40-23-30)28-11-9-8-10-12-28/h8-14,23-24,27,29,48H,15-22,25-26H2,1-7H3. The van der Waals surface area contributed by atoms with Crippen LogP contribution in [0.1, 0.15) is 43.4 Å². The Morgan fingerprint density at radius 1 is 0.906 bits per heavy atom. The highest BCUT2D eigenvalue weighted by Crippen LogP contribution is 2.40. The van der Waals surface area contributed by atoms with Gasteiger partial charge >= 0.3 is 6.01 Å². The fourth-order valence-electron chi connectivity index (χ4n) is 6.19. The van der Waals surface area contributed by atoms with E-state index in [9.17, 15) is 5.11 Å². The third-order valence-electron chi connectivity index (χ3n) is 9.46. The number of rotatable bonds is 16. The lowest BCUT2D eigenvalue weighted by atomic mass is 9.93. The molecule has 5 heterocycles. The maximum Gasteiger partial charge on any atom is 0.318 e. The molecule has 284 valence electrons. The van der Waals surface area contributed by atoms with Crippen molar-refractivity contribution in [3.05, 3.63) is 70.9 Å². The monoisotopic (exact) mass is 820 g/mol. The van der Waals surface area contributed by atoms with Crippen molar-refractivity contribution in [3.63, 3.8) is 0 Å². The topological polar surface area (TPSA) is 127 Å². The van der Waals surface area contributed by atoms with E-state index in [0.717, 1.165) is 68.9 Å². The van der Waals surface area contributed by atoms with Gasteiger partial charge in [0.1, 0.15) is 19.6 Å². The molecule has 53 heavy (non-hydrogen) atoms. The molecule has 0 spiro atoms. The molecule has 1 aromatic carbocycles. The Kier molecular flexibility index (Phi) is 12.5. The van der Waals surface area contributed by atoms with Crippen LogP contribution in [0, 0.1) is 0 Å². The highest BCUT2D eigenvalue weighted by Gasteiger charge is 2.31. The van der Waals surface area contributed by atoms with Gasteiger partial charge in [-0.3, -0.25) is 4.98 Å². The average Bonchev–Trinajstić information content (AvgIpc) is 3.79. The maximum absolute atomic E-state index is 9.92. The molecule has 4 aromatic heterocycles. The Balaban J connectivity index is 1.36. The number of halogens is 1. The predicted octanol–water partition coefficient (Wildman–Crippen LogP) is 8.47. The molecule has 1 aliphatic heterocycles. The van der Waals surface area contributed by atoms with Crippen molar-refractivity contribution < 1.29 is 19.0 Å². The van der Waals surface area contributed by atoms with Gasteiger partial charge in [-0.25, -0.2) is 4.98 Å². The van der Waals surface area contributed by atoms with Crippen molar-refractivity contribution in [1.82, 2.24) is 29.8 Å². The quantitative estimate of drug-likeness (QED) is 0.0585. The normalized spacial score (nSPS) is 15.0. The second-order valence-electron chi connectivity index (χ2n) is 16.3. The van der Waals surface area contributed by atoms with Crippen molar-refractivity contribution in [3.8, 4) is 22.4 Å².